The molecule has 19 heavy (non-hydrogen) atoms. The molecule has 1 heterocycles. The van der Waals surface area contributed by atoms with Gasteiger partial charge in [-0.3, -0.25) is 0 Å². The van der Waals surface area contributed by atoms with Crippen molar-refractivity contribution in [1.82, 2.24) is 9.62 Å². The maximum atomic E-state index is 11.4. The van der Waals surface area contributed by atoms with E-state index < -0.39 is 10.0 Å². The fourth-order valence-corrected chi connectivity index (χ4v) is 3.34. The summed E-state index contributed by atoms with van der Waals surface area (Å²) in [6.07, 6.45) is 4.96. The van der Waals surface area contributed by atoms with Gasteiger partial charge in [0.1, 0.15) is 0 Å². The molecule has 1 atom stereocenters. The molecule has 0 amide bonds. The maximum absolute atomic E-state index is 11.4. The average molecular weight is 293 g/mol. The molecule has 0 saturated carbocycles. The Morgan fingerprint density at radius 1 is 1.42 bits per heavy atom. The average Bonchev–Trinajstić information content (AvgIpc) is 2.36. The first kappa shape index (κ1) is 16.8. The van der Waals surface area contributed by atoms with Crippen molar-refractivity contribution in [1.29, 1.82) is 0 Å². The number of nitrogens with zero attached hydrogens (tertiary/aromatic N) is 1. The van der Waals surface area contributed by atoms with Gasteiger partial charge >= 0.3 is 0 Å². The topological polar surface area (TPSA) is 84.7 Å². The summed E-state index contributed by atoms with van der Waals surface area (Å²) in [6.45, 7) is 2.57. The molecule has 0 aromatic heterocycles. The lowest BCUT2D eigenvalue weighted by Crippen LogP contribution is -2.48. The van der Waals surface area contributed by atoms with Crippen LogP contribution in [0, 0.1) is 0 Å². The lowest BCUT2D eigenvalue weighted by atomic mass is 10.0. The molecule has 3 N–H and O–H groups in total. The van der Waals surface area contributed by atoms with Gasteiger partial charge in [0.15, 0.2) is 0 Å². The fraction of sp³-hybridized carbons (Fsp3) is 1.00. The fourth-order valence-electron chi connectivity index (χ4n) is 2.47. The summed E-state index contributed by atoms with van der Waals surface area (Å²) in [5, 5.41) is 3.56. The Kier molecular flexibility index (Phi) is 7.23. The molecule has 0 aliphatic carbocycles. The zero-order valence-electron chi connectivity index (χ0n) is 12.0. The van der Waals surface area contributed by atoms with E-state index >= 15 is 0 Å². The molecule has 0 bridgehead atoms. The maximum Gasteiger partial charge on any atom is 0.211 e. The van der Waals surface area contributed by atoms with E-state index in [2.05, 4.69) is 5.32 Å². The van der Waals surface area contributed by atoms with Gasteiger partial charge in [-0.05, 0) is 32.2 Å². The Balaban J connectivity index is 2.37. The second-order valence-electron chi connectivity index (χ2n) is 5.19. The zero-order chi connectivity index (χ0) is 14.3. The summed E-state index contributed by atoms with van der Waals surface area (Å²) >= 11 is 0. The molecule has 0 aromatic carbocycles. The van der Waals surface area contributed by atoms with Gasteiger partial charge in [-0.2, -0.15) is 0 Å². The number of ether oxygens (including phenoxy) is 1. The monoisotopic (exact) mass is 293 g/mol. The van der Waals surface area contributed by atoms with Crippen LogP contribution >= 0.6 is 0 Å². The van der Waals surface area contributed by atoms with Crippen molar-refractivity contribution in [2.45, 2.75) is 37.8 Å². The van der Waals surface area contributed by atoms with Gasteiger partial charge in [0.25, 0.3) is 0 Å². The van der Waals surface area contributed by atoms with Gasteiger partial charge in [-0.15, -0.1) is 0 Å². The summed E-state index contributed by atoms with van der Waals surface area (Å²) in [7, 11) is -1.34. The highest BCUT2D eigenvalue weighted by atomic mass is 32.2. The van der Waals surface area contributed by atoms with Gasteiger partial charge in [0, 0.05) is 32.3 Å². The molecule has 1 fully saturated rings. The molecular weight excluding hydrogens is 266 g/mol. The van der Waals surface area contributed by atoms with Gasteiger partial charge in [-0.1, -0.05) is 0 Å². The van der Waals surface area contributed by atoms with Crippen LogP contribution in [0.15, 0.2) is 0 Å². The highest BCUT2D eigenvalue weighted by Crippen LogP contribution is 2.14. The Labute approximate surface area is 116 Å². The molecule has 1 rings (SSSR count). The van der Waals surface area contributed by atoms with Gasteiger partial charge in [-0.25, -0.2) is 12.7 Å². The zero-order valence-corrected chi connectivity index (χ0v) is 12.8. The van der Waals surface area contributed by atoms with Crippen LogP contribution in [-0.2, 0) is 14.8 Å². The lowest BCUT2D eigenvalue weighted by molar-refractivity contribution is 0.147. The van der Waals surface area contributed by atoms with Crippen LogP contribution in [0.1, 0.15) is 25.7 Å². The normalized spacial score (nSPS) is 20.6. The standard InChI is InChI=1S/C12H27N3O3S/c1-18-10-12(4-3-7-13)14-11-5-8-15(9-6-11)19(2,16)17/h11-12,14H,3-10,13H2,1-2H3. The van der Waals surface area contributed by atoms with E-state index in [1.54, 1.807) is 11.4 Å². The smallest absolute Gasteiger partial charge is 0.211 e. The highest BCUT2D eigenvalue weighted by Gasteiger charge is 2.26. The Bertz CT molecular complexity index is 340. The van der Waals surface area contributed by atoms with E-state index in [-0.39, 0.29) is 0 Å². The van der Waals surface area contributed by atoms with Crippen molar-refractivity contribution in [2.75, 3.05) is 39.6 Å². The van der Waals surface area contributed by atoms with Gasteiger partial charge in [0.05, 0.1) is 12.9 Å². The summed E-state index contributed by atoms with van der Waals surface area (Å²) in [5.74, 6) is 0. The molecule has 6 nitrogen and oxygen atoms in total. The van der Waals surface area contributed by atoms with Gasteiger partial charge < -0.3 is 15.8 Å². The van der Waals surface area contributed by atoms with Crippen LogP contribution in [0.2, 0.25) is 0 Å². The van der Waals surface area contributed by atoms with Gasteiger partial charge in [0.2, 0.25) is 10.0 Å². The molecule has 0 radical (unpaired) electrons. The van der Waals surface area contributed by atoms with Crippen LogP contribution in [0.25, 0.3) is 0 Å². The van der Waals surface area contributed by atoms with E-state index in [1.165, 1.54) is 6.26 Å². The Hall–Kier alpha value is -0.210. The number of nitrogens with two attached hydrogens (primary N) is 1. The van der Waals surface area contributed by atoms with E-state index in [1.807, 2.05) is 0 Å². The third kappa shape index (κ3) is 6.18. The van der Waals surface area contributed by atoms with Crippen LogP contribution in [-0.4, -0.2) is 64.4 Å². The summed E-state index contributed by atoms with van der Waals surface area (Å²) < 4.78 is 29.6. The third-order valence-electron chi connectivity index (χ3n) is 3.52. The van der Waals surface area contributed by atoms with Crippen molar-refractivity contribution >= 4 is 10.0 Å². The molecule has 0 spiro atoms. The number of methoxy groups -OCH3 is 1. The van der Waals surface area contributed by atoms with Crippen LogP contribution in [0.3, 0.4) is 0 Å². The van der Waals surface area contributed by atoms with Crippen LogP contribution in [0.4, 0.5) is 0 Å². The minimum Gasteiger partial charge on any atom is -0.383 e. The first-order valence-electron chi connectivity index (χ1n) is 6.87. The SMILES string of the molecule is COCC(CCCN)NC1CCN(S(C)(=O)=O)CC1. The number of rotatable bonds is 8. The van der Waals surface area contributed by atoms with E-state index in [0.29, 0.717) is 38.3 Å². The molecule has 1 aliphatic rings. The molecule has 1 unspecified atom stereocenters. The van der Waals surface area contributed by atoms with Crippen molar-refractivity contribution in [3.63, 3.8) is 0 Å². The molecular formula is C12H27N3O3S. The summed E-state index contributed by atoms with van der Waals surface area (Å²) in [5.41, 5.74) is 5.53. The van der Waals surface area contributed by atoms with Crippen molar-refractivity contribution in [2.24, 2.45) is 5.73 Å². The van der Waals surface area contributed by atoms with Crippen molar-refractivity contribution in [3.05, 3.63) is 0 Å². The summed E-state index contributed by atoms with van der Waals surface area (Å²) in [6, 6.07) is 0.680. The quantitative estimate of drug-likeness (QED) is 0.645. The van der Waals surface area contributed by atoms with E-state index in [4.69, 9.17) is 10.5 Å². The Morgan fingerprint density at radius 3 is 2.53 bits per heavy atom. The molecule has 0 aromatic rings. The Morgan fingerprint density at radius 2 is 2.05 bits per heavy atom. The minimum absolute atomic E-state index is 0.309. The largest absolute Gasteiger partial charge is 0.383 e. The second-order valence-corrected chi connectivity index (χ2v) is 7.17. The van der Waals surface area contributed by atoms with E-state index in [0.717, 1.165) is 25.7 Å². The lowest BCUT2D eigenvalue weighted by Gasteiger charge is -2.33. The number of piperidine rings is 1. The molecule has 1 saturated heterocycles. The van der Waals surface area contributed by atoms with Crippen molar-refractivity contribution in [3.8, 4) is 0 Å². The first-order valence-corrected chi connectivity index (χ1v) is 8.72. The highest BCUT2D eigenvalue weighted by molar-refractivity contribution is 7.88. The van der Waals surface area contributed by atoms with Crippen LogP contribution < -0.4 is 11.1 Å². The van der Waals surface area contributed by atoms with Crippen LogP contribution in [0.5, 0.6) is 0 Å². The molecule has 114 valence electrons. The minimum atomic E-state index is -3.04. The number of nitrogens with one attached hydrogen (secondary N) is 1. The number of hydrogen-bond donors (Lipinski definition) is 2. The predicted molar refractivity (Wildman–Crippen MR) is 76.5 cm³/mol. The first-order chi connectivity index (χ1) is 8.97. The third-order valence-corrected chi connectivity index (χ3v) is 4.82. The number of sulfonamides is 1. The van der Waals surface area contributed by atoms with E-state index in [9.17, 15) is 8.42 Å². The molecule has 1 aliphatic heterocycles. The molecule has 7 heteroatoms. The second kappa shape index (κ2) is 8.16. The summed E-state index contributed by atoms with van der Waals surface area (Å²) in [4.78, 5) is 0. The van der Waals surface area contributed by atoms with Crippen molar-refractivity contribution < 1.29 is 13.2 Å². The predicted octanol–water partition coefficient (Wildman–Crippen LogP) is -0.246. The number of hydrogen-bond acceptors (Lipinski definition) is 5.